The molecule has 0 saturated carbocycles. The van der Waals surface area contributed by atoms with Gasteiger partial charge in [0, 0.05) is 24.5 Å². The number of benzene rings is 1. The smallest absolute Gasteiger partial charge is 0.321 e. The fraction of sp³-hybridized carbons (Fsp3) is 0.417. The van der Waals surface area contributed by atoms with Gasteiger partial charge in [0.1, 0.15) is 0 Å². The molecule has 7 nitrogen and oxygen atoms in total. The number of amides is 2. The number of morpholine rings is 1. The van der Waals surface area contributed by atoms with Crippen LogP contribution in [0.3, 0.4) is 0 Å². The number of urea groups is 1. The molecule has 1 aromatic rings. The predicted molar refractivity (Wildman–Crippen MR) is 76.3 cm³/mol. The van der Waals surface area contributed by atoms with Crippen molar-refractivity contribution in [1.29, 1.82) is 0 Å². The summed E-state index contributed by atoms with van der Waals surface area (Å²) in [4.78, 5) is 13.6. The molecule has 110 valence electrons. The highest BCUT2D eigenvalue weighted by molar-refractivity contribution is 7.92. The Morgan fingerprint density at radius 2 is 1.70 bits per heavy atom. The largest absolute Gasteiger partial charge is 0.378 e. The van der Waals surface area contributed by atoms with E-state index in [-0.39, 0.29) is 6.03 Å². The summed E-state index contributed by atoms with van der Waals surface area (Å²) >= 11 is 0. The monoisotopic (exact) mass is 299 g/mol. The van der Waals surface area contributed by atoms with Crippen molar-refractivity contribution in [3.8, 4) is 0 Å². The van der Waals surface area contributed by atoms with Gasteiger partial charge in [0.15, 0.2) is 0 Å². The Bertz CT molecular complexity index is 565. The molecule has 1 fully saturated rings. The molecule has 2 rings (SSSR count). The highest BCUT2D eigenvalue weighted by Gasteiger charge is 2.16. The van der Waals surface area contributed by atoms with Crippen molar-refractivity contribution in [2.24, 2.45) is 0 Å². The van der Waals surface area contributed by atoms with Gasteiger partial charge in [-0.1, -0.05) is 0 Å². The summed E-state index contributed by atoms with van der Waals surface area (Å²) in [6, 6.07) is 6.29. The zero-order chi connectivity index (χ0) is 14.6. The normalized spacial score (nSPS) is 15.8. The minimum atomic E-state index is -3.29. The van der Waals surface area contributed by atoms with Crippen LogP contribution in [0.15, 0.2) is 24.3 Å². The van der Waals surface area contributed by atoms with Gasteiger partial charge < -0.3 is 15.0 Å². The molecule has 0 radical (unpaired) electrons. The van der Waals surface area contributed by atoms with Crippen LogP contribution in [0, 0.1) is 0 Å². The first-order valence-corrected chi connectivity index (χ1v) is 8.05. The van der Waals surface area contributed by atoms with Crippen molar-refractivity contribution in [2.75, 3.05) is 42.6 Å². The maximum atomic E-state index is 11.9. The first-order valence-electron chi connectivity index (χ1n) is 6.15. The number of anilines is 2. The minimum Gasteiger partial charge on any atom is -0.378 e. The van der Waals surface area contributed by atoms with Gasteiger partial charge in [-0.15, -0.1) is 0 Å². The van der Waals surface area contributed by atoms with Crippen molar-refractivity contribution < 1.29 is 17.9 Å². The lowest BCUT2D eigenvalue weighted by atomic mass is 10.3. The van der Waals surface area contributed by atoms with Crippen molar-refractivity contribution in [3.63, 3.8) is 0 Å². The number of sulfonamides is 1. The van der Waals surface area contributed by atoms with Gasteiger partial charge >= 0.3 is 6.03 Å². The fourth-order valence-electron chi connectivity index (χ4n) is 1.80. The second-order valence-corrected chi connectivity index (χ2v) is 6.23. The zero-order valence-electron chi connectivity index (χ0n) is 11.1. The highest BCUT2D eigenvalue weighted by Crippen LogP contribution is 2.15. The molecule has 0 unspecified atom stereocenters. The van der Waals surface area contributed by atoms with E-state index in [0.29, 0.717) is 37.7 Å². The van der Waals surface area contributed by atoms with Crippen LogP contribution in [0.4, 0.5) is 16.2 Å². The van der Waals surface area contributed by atoms with Gasteiger partial charge in [-0.3, -0.25) is 4.72 Å². The number of ether oxygens (including phenoxy) is 1. The molecule has 1 aliphatic heterocycles. The molecule has 8 heteroatoms. The maximum Gasteiger partial charge on any atom is 0.321 e. The van der Waals surface area contributed by atoms with Crippen LogP contribution in [-0.2, 0) is 14.8 Å². The van der Waals surface area contributed by atoms with Crippen LogP contribution in [0.1, 0.15) is 0 Å². The van der Waals surface area contributed by atoms with E-state index in [0.717, 1.165) is 6.26 Å². The molecular formula is C12H17N3O4S. The van der Waals surface area contributed by atoms with E-state index in [9.17, 15) is 13.2 Å². The SMILES string of the molecule is CS(=O)(=O)Nc1ccc(NC(=O)N2CCOCC2)cc1. The Balaban J connectivity index is 1.94. The van der Waals surface area contributed by atoms with Gasteiger partial charge in [0.05, 0.1) is 19.5 Å². The van der Waals surface area contributed by atoms with Crippen LogP contribution < -0.4 is 10.0 Å². The van der Waals surface area contributed by atoms with Crippen molar-refractivity contribution in [2.45, 2.75) is 0 Å². The average Bonchev–Trinajstić information content (AvgIpc) is 2.40. The Hall–Kier alpha value is -1.80. The van der Waals surface area contributed by atoms with E-state index < -0.39 is 10.0 Å². The summed E-state index contributed by atoms with van der Waals surface area (Å²) in [6.07, 6.45) is 1.08. The standard InChI is InChI=1S/C12H17N3O4S/c1-20(17,18)14-11-4-2-10(3-5-11)13-12(16)15-6-8-19-9-7-15/h2-5,14H,6-9H2,1H3,(H,13,16). The van der Waals surface area contributed by atoms with Gasteiger partial charge in [-0.25, -0.2) is 13.2 Å². The summed E-state index contributed by atoms with van der Waals surface area (Å²) in [5, 5.41) is 2.76. The van der Waals surface area contributed by atoms with Gasteiger partial charge in [-0.05, 0) is 24.3 Å². The molecule has 1 aliphatic rings. The zero-order valence-corrected chi connectivity index (χ0v) is 11.9. The first-order chi connectivity index (χ1) is 9.44. The molecule has 1 saturated heterocycles. The average molecular weight is 299 g/mol. The van der Waals surface area contributed by atoms with Crippen molar-refractivity contribution in [1.82, 2.24) is 4.90 Å². The Morgan fingerprint density at radius 1 is 1.15 bits per heavy atom. The number of hydrogen-bond acceptors (Lipinski definition) is 4. The lowest BCUT2D eigenvalue weighted by Gasteiger charge is -2.26. The van der Waals surface area contributed by atoms with Crippen molar-refractivity contribution >= 4 is 27.4 Å². The van der Waals surface area contributed by atoms with Gasteiger partial charge in [0.25, 0.3) is 0 Å². The molecule has 0 aliphatic carbocycles. The van der Waals surface area contributed by atoms with E-state index in [1.54, 1.807) is 29.2 Å². The molecule has 2 amide bonds. The van der Waals surface area contributed by atoms with E-state index >= 15 is 0 Å². The Labute approximate surface area is 118 Å². The number of carbonyl (C=O) groups is 1. The summed E-state index contributed by atoms with van der Waals surface area (Å²) in [5.74, 6) is 0. The van der Waals surface area contributed by atoms with Crippen LogP contribution in [0.2, 0.25) is 0 Å². The topological polar surface area (TPSA) is 87.7 Å². The van der Waals surface area contributed by atoms with Crippen LogP contribution in [0.5, 0.6) is 0 Å². The predicted octanol–water partition coefficient (Wildman–Crippen LogP) is 0.922. The second-order valence-electron chi connectivity index (χ2n) is 4.48. The summed E-state index contributed by atoms with van der Waals surface area (Å²) in [5.41, 5.74) is 1.07. The van der Waals surface area contributed by atoms with Gasteiger partial charge in [0.2, 0.25) is 10.0 Å². The molecule has 1 aromatic carbocycles. The molecule has 0 aromatic heterocycles. The lowest BCUT2D eigenvalue weighted by Crippen LogP contribution is -2.43. The number of hydrogen-bond donors (Lipinski definition) is 2. The molecule has 1 heterocycles. The second kappa shape index (κ2) is 6.10. The number of carbonyl (C=O) groups excluding carboxylic acids is 1. The summed E-state index contributed by atoms with van der Waals surface area (Å²) < 4.78 is 29.7. The number of rotatable bonds is 3. The van der Waals surface area contributed by atoms with Crippen LogP contribution >= 0.6 is 0 Å². The Kier molecular flexibility index (Phi) is 4.46. The third-order valence-corrected chi connectivity index (χ3v) is 3.34. The molecule has 0 bridgehead atoms. The van der Waals surface area contributed by atoms with E-state index in [2.05, 4.69) is 10.0 Å². The lowest BCUT2D eigenvalue weighted by molar-refractivity contribution is 0.0564. The molecular weight excluding hydrogens is 282 g/mol. The molecule has 20 heavy (non-hydrogen) atoms. The molecule has 0 spiro atoms. The summed E-state index contributed by atoms with van der Waals surface area (Å²) in [7, 11) is -3.29. The third-order valence-electron chi connectivity index (χ3n) is 2.74. The fourth-order valence-corrected chi connectivity index (χ4v) is 2.37. The van der Waals surface area contributed by atoms with E-state index in [4.69, 9.17) is 4.74 Å². The quantitative estimate of drug-likeness (QED) is 0.869. The van der Waals surface area contributed by atoms with Crippen molar-refractivity contribution in [3.05, 3.63) is 24.3 Å². The number of nitrogens with zero attached hydrogens (tertiary/aromatic N) is 1. The summed E-state index contributed by atoms with van der Waals surface area (Å²) in [6.45, 7) is 2.23. The minimum absolute atomic E-state index is 0.183. The Morgan fingerprint density at radius 3 is 2.25 bits per heavy atom. The maximum absolute atomic E-state index is 11.9. The van der Waals surface area contributed by atoms with E-state index in [1.165, 1.54) is 0 Å². The third kappa shape index (κ3) is 4.39. The van der Waals surface area contributed by atoms with Crippen LogP contribution in [-0.4, -0.2) is 51.9 Å². The van der Waals surface area contributed by atoms with Gasteiger partial charge in [-0.2, -0.15) is 0 Å². The highest BCUT2D eigenvalue weighted by atomic mass is 32.2. The molecule has 0 atom stereocenters. The molecule has 2 N–H and O–H groups in total. The van der Waals surface area contributed by atoms with E-state index in [1.807, 2.05) is 0 Å². The first kappa shape index (κ1) is 14.6. The van der Waals surface area contributed by atoms with Crippen LogP contribution in [0.25, 0.3) is 0 Å². The number of nitrogens with one attached hydrogen (secondary N) is 2.